The van der Waals surface area contributed by atoms with Gasteiger partial charge in [-0.3, -0.25) is 0 Å². The highest BCUT2D eigenvalue weighted by Gasteiger charge is 2.08. The maximum Gasteiger partial charge on any atom is 0.319 e. The van der Waals surface area contributed by atoms with E-state index in [0.29, 0.717) is 0 Å². The quantitative estimate of drug-likeness (QED) is 0.713. The predicted octanol–water partition coefficient (Wildman–Crippen LogP) is 4.74. The van der Waals surface area contributed by atoms with Crippen molar-refractivity contribution in [1.29, 1.82) is 0 Å². The lowest BCUT2D eigenvalue weighted by atomic mass is 10.0. The highest BCUT2D eigenvalue weighted by molar-refractivity contribution is 7.98. The van der Waals surface area contributed by atoms with Gasteiger partial charge in [0, 0.05) is 16.6 Å². The summed E-state index contributed by atoms with van der Waals surface area (Å²) in [6.45, 7) is 6.51. The van der Waals surface area contributed by atoms with Crippen LogP contribution in [-0.4, -0.2) is 18.3 Å². The molecule has 0 saturated heterocycles. The Morgan fingerprint density at radius 1 is 1.25 bits per heavy atom. The maximum atomic E-state index is 11.9. The zero-order chi connectivity index (χ0) is 15.0. The minimum absolute atomic E-state index is 0.125. The van der Waals surface area contributed by atoms with Crippen LogP contribution in [0, 0.1) is 5.92 Å². The van der Waals surface area contributed by atoms with E-state index in [-0.39, 0.29) is 12.1 Å². The Morgan fingerprint density at radius 2 is 2.00 bits per heavy atom. The third-order valence-corrected chi connectivity index (χ3v) is 3.85. The molecule has 1 rings (SSSR count). The molecule has 0 unspecified atom stereocenters. The van der Waals surface area contributed by atoms with E-state index in [9.17, 15) is 4.79 Å². The van der Waals surface area contributed by atoms with Gasteiger partial charge in [0.15, 0.2) is 0 Å². The van der Waals surface area contributed by atoms with Crippen molar-refractivity contribution in [2.45, 2.75) is 51.0 Å². The molecule has 0 bridgehead atoms. The summed E-state index contributed by atoms with van der Waals surface area (Å²) in [5.41, 5.74) is 0.837. The van der Waals surface area contributed by atoms with Gasteiger partial charge in [-0.25, -0.2) is 4.79 Å². The Labute approximate surface area is 126 Å². The summed E-state index contributed by atoms with van der Waals surface area (Å²) in [6, 6.07) is 7.95. The molecule has 0 saturated carbocycles. The average molecular weight is 294 g/mol. The summed E-state index contributed by atoms with van der Waals surface area (Å²) in [4.78, 5) is 13.0. The van der Waals surface area contributed by atoms with E-state index in [1.165, 1.54) is 6.42 Å². The van der Waals surface area contributed by atoms with Crippen molar-refractivity contribution in [3.63, 3.8) is 0 Å². The smallest absolute Gasteiger partial charge is 0.319 e. The topological polar surface area (TPSA) is 41.1 Å². The highest BCUT2D eigenvalue weighted by Crippen LogP contribution is 2.18. The summed E-state index contributed by atoms with van der Waals surface area (Å²) in [7, 11) is 0. The molecule has 1 aromatic carbocycles. The van der Waals surface area contributed by atoms with Crippen molar-refractivity contribution in [3.8, 4) is 0 Å². The number of rotatable bonds is 7. The molecule has 4 heteroatoms. The number of amides is 2. The molecule has 0 heterocycles. The van der Waals surface area contributed by atoms with Crippen LogP contribution in [0.3, 0.4) is 0 Å². The number of anilines is 1. The molecule has 1 aromatic rings. The van der Waals surface area contributed by atoms with Crippen LogP contribution in [0.1, 0.15) is 40.0 Å². The molecule has 1 atom stereocenters. The van der Waals surface area contributed by atoms with Crippen LogP contribution in [-0.2, 0) is 0 Å². The van der Waals surface area contributed by atoms with Gasteiger partial charge in [0.25, 0.3) is 0 Å². The molecular weight excluding hydrogens is 268 g/mol. The van der Waals surface area contributed by atoms with E-state index in [1.807, 2.05) is 30.5 Å². The number of thioether (sulfide) groups is 1. The van der Waals surface area contributed by atoms with Gasteiger partial charge in [0.2, 0.25) is 0 Å². The third-order valence-electron chi connectivity index (χ3n) is 3.12. The minimum atomic E-state index is -0.125. The number of carbonyl (C=O) groups excluding carboxylic acids is 1. The Balaban J connectivity index is 2.35. The first kappa shape index (κ1) is 16.9. The molecular formula is C16H26N2OS. The first-order valence-corrected chi connectivity index (χ1v) is 8.45. The van der Waals surface area contributed by atoms with Crippen LogP contribution in [0.25, 0.3) is 0 Å². The second-order valence-corrected chi connectivity index (χ2v) is 6.44. The van der Waals surface area contributed by atoms with Crippen LogP contribution < -0.4 is 10.6 Å². The van der Waals surface area contributed by atoms with E-state index >= 15 is 0 Å². The van der Waals surface area contributed by atoms with Crippen LogP contribution in [0.2, 0.25) is 0 Å². The number of carbonyl (C=O) groups is 1. The molecule has 2 N–H and O–H groups in total. The van der Waals surface area contributed by atoms with E-state index in [0.717, 1.165) is 29.3 Å². The number of benzene rings is 1. The van der Waals surface area contributed by atoms with Gasteiger partial charge in [-0.1, -0.05) is 32.8 Å². The van der Waals surface area contributed by atoms with Gasteiger partial charge in [0.1, 0.15) is 0 Å². The van der Waals surface area contributed by atoms with Gasteiger partial charge >= 0.3 is 6.03 Å². The molecule has 20 heavy (non-hydrogen) atoms. The molecule has 0 aliphatic carbocycles. The van der Waals surface area contributed by atoms with Crippen molar-refractivity contribution in [2.24, 2.45) is 5.92 Å². The zero-order valence-electron chi connectivity index (χ0n) is 12.9. The summed E-state index contributed by atoms with van der Waals surface area (Å²) in [5, 5.41) is 5.87. The number of hydrogen-bond donors (Lipinski definition) is 2. The normalized spacial score (nSPS) is 12.2. The van der Waals surface area contributed by atoms with E-state index < -0.39 is 0 Å². The molecule has 112 valence electrons. The Hall–Kier alpha value is -1.16. The van der Waals surface area contributed by atoms with Crippen LogP contribution in [0.15, 0.2) is 29.2 Å². The first-order valence-electron chi connectivity index (χ1n) is 7.23. The average Bonchev–Trinajstić information content (AvgIpc) is 2.38. The molecule has 3 nitrogen and oxygen atoms in total. The predicted molar refractivity (Wildman–Crippen MR) is 88.5 cm³/mol. The van der Waals surface area contributed by atoms with Gasteiger partial charge in [-0.2, -0.15) is 0 Å². The molecule has 0 spiro atoms. The summed E-state index contributed by atoms with van der Waals surface area (Å²) < 4.78 is 0. The highest BCUT2D eigenvalue weighted by atomic mass is 32.2. The Morgan fingerprint density at radius 3 is 2.65 bits per heavy atom. The van der Waals surface area contributed by atoms with Gasteiger partial charge < -0.3 is 10.6 Å². The van der Waals surface area contributed by atoms with Crippen molar-refractivity contribution in [1.82, 2.24) is 5.32 Å². The summed E-state index contributed by atoms with van der Waals surface area (Å²) in [5.74, 6) is 0.727. The fraction of sp³-hybridized carbons (Fsp3) is 0.562. The lowest BCUT2D eigenvalue weighted by Crippen LogP contribution is -2.36. The monoisotopic (exact) mass is 294 g/mol. The fourth-order valence-corrected chi connectivity index (χ4v) is 2.46. The van der Waals surface area contributed by atoms with Gasteiger partial charge in [0.05, 0.1) is 0 Å². The number of nitrogens with one attached hydrogen (secondary N) is 2. The number of hydrogen-bond acceptors (Lipinski definition) is 2. The standard InChI is InChI=1S/C16H26N2OS/c1-12(2)7-5-8-13(3)17-16(19)18-14-9-6-10-15(11-14)20-4/h6,9-13H,5,7-8H2,1-4H3,(H2,17,18,19)/t13-/m0/s1. The fourth-order valence-electron chi connectivity index (χ4n) is 2.00. The maximum absolute atomic E-state index is 11.9. The molecule has 0 aliphatic heterocycles. The zero-order valence-corrected chi connectivity index (χ0v) is 13.7. The molecule has 0 aromatic heterocycles. The van der Waals surface area contributed by atoms with E-state index in [1.54, 1.807) is 11.8 Å². The Kier molecular flexibility index (Phi) is 7.52. The largest absolute Gasteiger partial charge is 0.335 e. The van der Waals surface area contributed by atoms with Crippen molar-refractivity contribution in [3.05, 3.63) is 24.3 Å². The second kappa shape index (κ2) is 8.90. The molecule has 2 amide bonds. The van der Waals surface area contributed by atoms with Gasteiger partial charge in [-0.15, -0.1) is 11.8 Å². The molecule has 0 aliphatic rings. The van der Waals surface area contributed by atoms with Crippen molar-refractivity contribution < 1.29 is 4.79 Å². The number of urea groups is 1. The lowest BCUT2D eigenvalue weighted by molar-refractivity contribution is 0.248. The van der Waals surface area contributed by atoms with Crippen LogP contribution >= 0.6 is 11.8 Å². The third kappa shape index (κ3) is 6.85. The SMILES string of the molecule is CSc1cccc(NC(=O)N[C@@H](C)CCCC(C)C)c1. The van der Waals surface area contributed by atoms with Crippen molar-refractivity contribution in [2.75, 3.05) is 11.6 Å². The van der Waals surface area contributed by atoms with Crippen LogP contribution in [0.4, 0.5) is 10.5 Å². The first-order chi connectivity index (χ1) is 9.51. The van der Waals surface area contributed by atoms with Crippen LogP contribution in [0.5, 0.6) is 0 Å². The molecule has 0 radical (unpaired) electrons. The lowest BCUT2D eigenvalue weighted by Gasteiger charge is -2.15. The second-order valence-electron chi connectivity index (χ2n) is 5.56. The van der Waals surface area contributed by atoms with E-state index in [4.69, 9.17) is 0 Å². The summed E-state index contributed by atoms with van der Waals surface area (Å²) in [6.07, 6.45) is 5.41. The van der Waals surface area contributed by atoms with Gasteiger partial charge in [-0.05, 0) is 43.7 Å². The van der Waals surface area contributed by atoms with Crippen molar-refractivity contribution >= 4 is 23.5 Å². The summed E-state index contributed by atoms with van der Waals surface area (Å²) >= 11 is 1.67. The minimum Gasteiger partial charge on any atom is -0.335 e. The molecule has 0 fully saturated rings. The van der Waals surface area contributed by atoms with E-state index in [2.05, 4.69) is 31.4 Å². The Bertz CT molecular complexity index is 421.